The molecule has 7 aliphatic rings. The van der Waals surface area contributed by atoms with E-state index < -0.39 is 6.04 Å². The molecular formula is C26H40N4O4. The summed E-state index contributed by atoms with van der Waals surface area (Å²) in [7, 11) is 0. The van der Waals surface area contributed by atoms with Crippen LogP contribution in [-0.4, -0.2) is 92.1 Å². The molecule has 1 amide bonds. The predicted octanol–water partition coefficient (Wildman–Crippen LogP) is 1.53. The number of nitriles is 1. The zero-order chi connectivity index (χ0) is 23.3. The molecule has 8 atom stereocenters. The van der Waals surface area contributed by atoms with Gasteiger partial charge in [-0.3, -0.25) is 9.69 Å². The van der Waals surface area contributed by atoms with Gasteiger partial charge in [-0.1, -0.05) is 0 Å². The highest BCUT2D eigenvalue weighted by Crippen LogP contribution is 2.64. The number of piperidine rings is 1. The fourth-order valence-corrected chi connectivity index (χ4v) is 8.53. The van der Waals surface area contributed by atoms with Crippen molar-refractivity contribution in [3.05, 3.63) is 0 Å². The first-order valence-corrected chi connectivity index (χ1v) is 13.5. The molecule has 0 radical (unpaired) electrons. The van der Waals surface area contributed by atoms with Crippen LogP contribution in [0.5, 0.6) is 0 Å². The van der Waals surface area contributed by atoms with Crippen molar-refractivity contribution in [2.75, 3.05) is 52.7 Å². The number of hydrogen-bond acceptors (Lipinski definition) is 7. The normalized spacial score (nSPS) is 43.5. The fourth-order valence-electron chi connectivity index (χ4n) is 8.53. The van der Waals surface area contributed by atoms with Crippen LogP contribution in [-0.2, 0) is 19.0 Å². The Morgan fingerprint density at radius 2 is 1.85 bits per heavy atom. The molecule has 5 aliphatic carbocycles. The van der Waals surface area contributed by atoms with Gasteiger partial charge >= 0.3 is 0 Å². The van der Waals surface area contributed by atoms with Gasteiger partial charge in [0.15, 0.2) is 0 Å². The van der Waals surface area contributed by atoms with E-state index in [0.29, 0.717) is 31.0 Å². The second-order valence-electron chi connectivity index (χ2n) is 12.1. The molecule has 2 aliphatic heterocycles. The van der Waals surface area contributed by atoms with Crippen molar-refractivity contribution in [2.45, 2.75) is 75.1 Å². The van der Waals surface area contributed by atoms with E-state index in [0.717, 1.165) is 84.4 Å². The number of ether oxygens (including phenoxy) is 3. The van der Waals surface area contributed by atoms with Crippen LogP contribution in [0.1, 0.15) is 51.4 Å². The van der Waals surface area contributed by atoms with Gasteiger partial charge in [0.2, 0.25) is 5.91 Å². The van der Waals surface area contributed by atoms with E-state index in [9.17, 15) is 10.1 Å². The Morgan fingerprint density at radius 1 is 1.09 bits per heavy atom. The van der Waals surface area contributed by atoms with Crippen molar-refractivity contribution in [1.29, 1.82) is 5.26 Å². The number of likely N-dealkylation sites (tertiary alicyclic amines) is 1. The van der Waals surface area contributed by atoms with Crippen LogP contribution in [0.15, 0.2) is 0 Å². The highest BCUT2D eigenvalue weighted by molar-refractivity contribution is 5.84. The summed E-state index contributed by atoms with van der Waals surface area (Å²) in [4.78, 5) is 17.9. The van der Waals surface area contributed by atoms with Crippen molar-refractivity contribution >= 4 is 5.91 Å². The van der Waals surface area contributed by atoms with Crippen molar-refractivity contribution in [3.63, 3.8) is 0 Å². The molecule has 0 aromatic heterocycles. The predicted molar refractivity (Wildman–Crippen MR) is 125 cm³/mol. The second kappa shape index (κ2) is 9.01. The van der Waals surface area contributed by atoms with Crippen LogP contribution < -0.4 is 5.73 Å². The van der Waals surface area contributed by atoms with Gasteiger partial charge in [-0.15, -0.1) is 0 Å². The monoisotopic (exact) mass is 472 g/mol. The van der Waals surface area contributed by atoms with Crippen LogP contribution in [0.3, 0.4) is 0 Å². The second-order valence-corrected chi connectivity index (χ2v) is 12.1. The summed E-state index contributed by atoms with van der Waals surface area (Å²) in [6, 6.07) is 1.83. The molecule has 5 saturated carbocycles. The van der Waals surface area contributed by atoms with E-state index >= 15 is 0 Å². The van der Waals surface area contributed by atoms with E-state index in [1.54, 1.807) is 0 Å². The van der Waals surface area contributed by atoms with Gasteiger partial charge in [-0.25, -0.2) is 0 Å². The Bertz CT molecular complexity index is 810. The number of amides is 1. The first-order valence-electron chi connectivity index (χ1n) is 13.5. The summed E-state index contributed by atoms with van der Waals surface area (Å²) in [5.74, 6) is 1.75. The van der Waals surface area contributed by atoms with E-state index in [2.05, 4.69) is 11.0 Å². The van der Waals surface area contributed by atoms with Crippen molar-refractivity contribution in [1.82, 2.24) is 9.80 Å². The average Bonchev–Trinajstić information content (AvgIpc) is 3.49. The Labute approximate surface area is 203 Å². The summed E-state index contributed by atoms with van der Waals surface area (Å²) >= 11 is 0. The topological polar surface area (TPSA) is 101 Å². The maximum atomic E-state index is 13.6. The zero-order valence-corrected chi connectivity index (χ0v) is 20.3. The van der Waals surface area contributed by atoms with Crippen LogP contribution in [0.4, 0.5) is 0 Å². The number of fused-ring (bicyclic) bond motifs is 1. The summed E-state index contributed by atoms with van der Waals surface area (Å²) in [5, 5.41) is 9.59. The van der Waals surface area contributed by atoms with E-state index in [1.165, 1.54) is 6.42 Å². The van der Waals surface area contributed by atoms with Crippen LogP contribution in [0.25, 0.3) is 0 Å². The van der Waals surface area contributed by atoms with Crippen LogP contribution in [0, 0.1) is 34.5 Å². The SMILES string of the molecule is N#C[C@@H]1C[C@@H]2C[C@@H]2N1C(=O)[C@@H](N)C12CC3C[C@H](CC(OCCOCCN4CCOCC4)(C3)C1)C2. The largest absolute Gasteiger partial charge is 0.379 e. The lowest BCUT2D eigenvalue weighted by Crippen LogP contribution is -2.65. The Morgan fingerprint density at radius 3 is 2.59 bits per heavy atom. The summed E-state index contributed by atoms with van der Waals surface area (Å²) in [5.41, 5.74) is 6.49. The smallest absolute Gasteiger partial charge is 0.241 e. The molecule has 8 nitrogen and oxygen atoms in total. The number of carbonyl (C=O) groups is 1. The first kappa shape index (κ1) is 23.2. The molecule has 34 heavy (non-hydrogen) atoms. The highest BCUT2D eigenvalue weighted by atomic mass is 16.5. The summed E-state index contributed by atoms with van der Waals surface area (Å²) < 4.78 is 17.9. The average molecular weight is 473 g/mol. The lowest BCUT2D eigenvalue weighted by molar-refractivity contribution is -0.204. The van der Waals surface area contributed by atoms with Crippen molar-refractivity contribution in [3.8, 4) is 6.07 Å². The summed E-state index contributed by atoms with van der Waals surface area (Å²) in [6.07, 6.45) is 8.27. The van der Waals surface area contributed by atoms with Gasteiger partial charge < -0.3 is 24.8 Å². The van der Waals surface area contributed by atoms with Gasteiger partial charge in [0.05, 0.1) is 50.7 Å². The third-order valence-electron chi connectivity index (χ3n) is 9.78. The molecule has 2 heterocycles. The minimum Gasteiger partial charge on any atom is -0.379 e. The molecule has 7 fully saturated rings. The minimum atomic E-state index is -0.513. The third-order valence-corrected chi connectivity index (χ3v) is 9.78. The standard InChI is InChI=1S/C26H40N4O4/c27-16-21-10-20-11-22(20)30(21)24(31)23(28)25-12-18-9-19(13-25)15-26(14-18,17-25)34-8-7-33-6-3-29-1-4-32-5-2-29/h18-23H,1-15,17,28H2/t18-,19?,20+,21-,22-,23+,25?,26?/m0/s1. The number of carbonyl (C=O) groups excluding carboxylic acids is 1. The van der Waals surface area contributed by atoms with Gasteiger partial charge in [-0.2, -0.15) is 5.26 Å². The van der Waals surface area contributed by atoms with E-state index in [4.69, 9.17) is 19.9 Å². The van der Waals surface area contributed by atoms with Crippen molar-refractivity contribution in [2.24, 2.45) is 28.9 Å². The Hall–Kier alpha value is -1.24. The van der Waals surface area contributed by atoms with Gasteiger partial charge in [0.25, 0.3) is 0 Å². The lowest BCUT2D eigenvalue weighted by Gasteiger charge is -2.63. The molecule has 4 bridgehead atoms. The van der Waals surface area contributed by atoms with E-state index in [1.807, 2.05) is 4.90 Å². The zero-order valence-electron chi connectivity index (χ0n) is 20.3. The quantitative estimate of drug-likeness (QED) is 0.508. The molecule has 0 spiro atoms. The maximum absolute atomic E-state index is 13.6. The fraction of sp³-hybridized carbons (Fsp3) is 0.923. The Kier molecular flexibility index (Phi) is 6.14. The molecule has 0 aromatic rings. The number of nitrogens with zero attached hydrogens (tertiary/aromatic N) is 3. The van der Waals surface area contributed by atoms with Gasteiger partial charge in [0, 0.05) is 25.7 Å². The number of nitrogens with two attached hydrogens (primary N) is 1. The highest BCUT2D eigenvalue weighted by Gasteiger charge is 2.63. The molecule has 188 valence electrons. The van der Waals surface area contributed by atoms with Gasteiger partial charge in [-0.05, 0) is 74.5 Å². The maximum Gasteiger partial charge on any atom is 0.241 e. The minimum absolute atomic E-state index is 0.0279. The Balaban J connectivity index is 1.05. The van der Waals surface area contributed by atoms with Crippen LogP contribution in [0.2, 0.25) is 0 Å². The van der Waals surface area contributed by atoms with Crippen molar-refractivity contribution < 1.29 is 19.0 Å². The molecular weight excluding hydrogens is 432 g/mol. The molecule has 2 N–H and O–H groups in total. The molecule has 2 saturated heterocycles. The first-order chi connectivity index (χ1) is 16.5. The molecule has 3 unspecified atom stereocenters. The number of rotatable bonds is 9. The number of hydrogen-bond donors (Lipinski definition) is 1. The lowest BCUT2D eigenvalue weighted by atomic mass is 9.46. The molecule has 0 aromatic carbocycles. The molecule has 7 rings (SSSR count). The van der Waals surface area contributed by atoms with E-state index in [-0.39, 0.29) is 29.0 Å². The third kappa shape index (κ3) is 4.18. The van der Waals surface area contributed by atoms with Gasteiger partial charge in [0.1, 0.15) is 6.04 Å². The molecule has 8 heteroatoms. The van der Waals surface area contributed by atoms with Crippen LogP contribution >= 0.6 is 0 Å². The summed E-state index contributed by atoms with van der Waals surface area (Å²) in [6.45, 7) is 6.49. The number of morpholine rings is 1.